The van der Waals surface area contributed by atoms with E-state index in [2.05, 4.69) is 20.8 Å². The number of carbonyl (C=O) groups excluding carboxylic acids is 1. The minimum absolute atomic E-state index is 0.0816. The van der Waals surface area contributed by atoms with Crippen LogP contribution in [0.2, 0.25) is 10.0 Å². The second-order valence-electron chi connectivity index (χ2n) is 7.65. The summed E-state index contributed by atoms with van der Waals surface area (Å²) in [6.07, 6.45) is 0. The highest BCUT2D eigenvalue weighted by Gasteiger charge is 2.17. The third-order valence-electron chi connectivity index (χ3n) is 5.24. The first-order chi connectivity index (χ1) is 16.9. The van der Waals surface area contributed by atoms with Crippen LogP contribution >= 0.6 is 35.4 Å². The number of carbonyl (C=O) groups is 1. The van der Waals surface area contributed by atoms with Gasteiger partial charge in [-0.15, -0.1) is 10.2 Å². The number of hydrogen-bond acceptors (Lipinski definition) is 5. The number of thiocarbonyl (C=S) groups is 1. The lowest BCUT2D eigenvalue weighted by molar-refractivity contribution is 0.0951. The minimum atomic E-state index is -0.499. The van der Waals surface area contributed by atoms with Gasteiger partial charge in [-0.1, -0.05) is 47.5 Å². The van der Waals surface area contributed by atoms with Crippen molar-refractivity contribution in [2.45, 2.75) is 6.92 Å². The maximum Gasteiger partial charge on any atom is 0.293 e. The first-order valence-electron chi connectivity index (χ1n) is 10.5. The van der Waals surface area contributed by atoms with Crippen LogP contribution in [0, 0.1) is 6.92 Å². The van der Waals surface area contributed by atoms with Crippen molar-refractivity contribution in [3.05, 3.63) is 94.2 Å². The molecule has 2 aromatic heterocycles. The molecule has 0 atom stereocenters. The van der Waals surface area contributed by atoms with Crippen molar-refractivity contribution in [3.8, 4) is 17.0 Å². The van der Waals surface area contributed by atoms with Gasteiger partial charge >= 0.3 is 0 Å². The summed E-state index contributed by atoms with van der Waals surface area (Å²) < 4.78 is 5.68. The first kappa shape index (κ1) is 23.0. The number of rotatable bonds is 4. The second-order valence-corrected chi connectivity index (χ2v) is 8.85. The monoisotopic (exact) mass is 521 g/mol. The molecule has 0 aliphatic heterocycles. The minimum Gasteiger partial charge on any atom is -0.451 e. The van der Waals surface area contributed by atoms with Gasteiger partial charge in [-0.2, -0.15) is 4.80 Å². The van der Waals surface area contributed by atoms with Gasteiger partial charge in [0.1, 0.15) is 16.8 Å². The van der Waals surface area contributed by atoms with E-state index in [1.807, 2.05) is 49.4 Å². The Morgan fingerprint density at radius 1 is 0.971 bits per heavy atom. The highest BCUT2D eigenvalue weighted by molar-refractivity contribution is 7.80. The molecule has 0 saturated carbocycles. The van der Waals surface area contributed by atoms with Crippen LogP contribution in [0.5, 0.6) is 0 Å². The summed E-state index contributed by atoms with van der Waals surface area (Å²) in [6.45, 7) is 1.92. The van der Waals surface area contributed by atoms with Crippen LogP contribution < -0.4 is 10.6 Å². The van der Waals surface area contributed by atoms with Gasteiger partial charge in [0.25, 0.3) is 5.91 Å². The summed E-state index contributed by atoms with van der Waals surface area (Å²) in [5, 5.41) is 15.6. The Morgan fingerprint density at radius 3 is 2.49 bits per heavy atom. The van der Waals surface area contributed by atoms with Crippen molar-refractivity contribution in [2.75, 3.05) is 5.32 Å². The molecular formula is C25H17Cl2N5O2S. The molecule has 0 aliphatic carbocycles. The lowest BCUT2D eigenvalue weighted by Crippen LogP contribution is -2.34. The van der Waals surface area contributed by atoms with Gasteiger partial charge in [0, 0.05) is 11.3 Å². The number of benzene rings is 3. The molecule has 0 aliphatic rings. The van der Waals surface area contributed by atoms with Gasteiger partial charge in [-0.3, -0.25) is 10.1 Å². The fourth-order valence-corrected chi connectivity index (χ4v) is 4.09. The van der Waals surface area contributed by atoms with Crippen molar-refractivity contribution in [1.29, 1.82) is 0 Å². The first-order valence-corrected chi connectivity index (χ1v) is 11.6. The molecule has 10 heteroatoms. The van der Waals surface area contributed by atoms with Crippen LogP contribution in [0.15, 0.2) is 77.2 Å². The number of fused-ring (bicyclic) bond motifs is 1. The number of nitrogens with one attached hydrogen (secondary N) is 2. The van der Waals surface area contributed by atoms with E-state index < -0.39 is 5.91 Å². The third kappa shape index (κ3) is 4.77. The van der Waals surface area contributed by atoms with Gasteiger partial charge < -0.3 is 9.73 Å². The molecule has 0 unspecified atom stereocenters. The van der Waals surface area contributed by atoms with E-state index in [4.69, 9.17) is 39.8 Å². The number of anilines is 1. The van der Waals surface area contributed by atoms with Crippen LogP contribution in [0.25, 0.3) is 28.0 Å². The van der Waals surface area contributed by atoms with Gasteiger partial charge in [0.15, 0.2) is 10.9 Å². The van der Waals surface area contributed by atoms with Crippen LogP contribution in [-0.4, -0.2) is 26.0 Å². The number of para-hydroxylation sites is 1. The van der Waals surface area contributed by atoms with Crippen LogP contribution in [0.3, 0.4) is 0 Å². The number of hydrogen-bond donors (Lipinski definition) is 2. The van der Waals surface area contributed by atoms with Gasteiger partial charge in [0.05, 0.1) is 15.7 Å². The Bertz CT molecular complexity index is 1580. The lowest BCUT2D eigenvalue weighted by Gasteiger charge is -2.11. The highest BCUT2D eigenvalue weighted by Crippen LogP contribution is 2.34. The van der Waals surface area contributed by atoms with Crippen molar-refractivity contribution < 1.29 is 9.21 Å². The van der Waals surface area contributed by atoms with Crippen molar-refractivity contribution >= 4 is 63.2 Å². The van der Waals surface area contributed by atoms with Gasteiger partial charge in [-0.05, 0) is 73.2 Å². The summed E-state index contributed by atoms with van der Waals surface area (Å²) in [7, 11) is 0. The Hall–Kier alpha value is -3.72. The van der Waals surface area contributed by atoms with E-state index in [9.17, 15) is 4.79 Å². The smallest absolute Gasteiger partial charge is 0.293 e. The fourth-order valence-electron chi connectivity index (χ4n) is 3.50. The Morgan fingerprint density at radius 2 is 1.71 bits per heavy atom. The highest BCUT2D eigenvalue weighted by atomic mass is 35.5. The Balaban J connectivity index is 1.30. The van der Waals surface area contributed by atoms with Crippen LogP contribution in [-0.2, 0) is 0 Å². The standard InChI is InChI=1S/C25H17Cl2N5O2S/c1-14-12-19-20(31-32(30-19)15-6-3-2-4-7-15)13-18(14)28-25(35)29-24(33)22-11-10-21(34-22)16-8-5-9-17(26)23(16)27/h2-13H,1H3,(H2,28,29,33,35). The molecule has 1 amide bonds. The number of amides is 1. The summed E-state index contributed by atoms with van der Waals surface area (Å²) in [6, 6.07) is 21.8. The molecule has 3 aromatic carbocycles. The predicted molar refractivity (Wildman–Crippen MR) is 141 cm³/mol. The molecular weight excluding hydrogens is 505 g/mol. The van der Waals surface area contributed by atoms with Crippen LogP contribution in [0.4, 0.5) is 5.69 Å². The summed E-state index contributed by atoms with van der Waals surface area (Å²) in [4.78, 5) is 14.3. The lowest BCUT2D eigenvalue weighted by atomic mass is 10.2. The number of nitrogens with zero attached hydrogens (tertiary/aromatic N) is 3. The maximum atomic E-state index is 12.7. The molecule has 0 fully saturated rings. The fraction of sp³-hybridized carbons (Fsp3) is 0.0400. The van der Waals surface area contributed by atoms with E-state index in [1.54, 1.807) is 35.1 Å². The molecule has 2 N–H and O–H groups in total. The molecule has 5 aromatic rings. The molecule has 0 radical (unpaired) electrons. The van der Waals surface area contributed by atoms with Gasteiger partial charge in [-0.25, -0.2) is 0 Å². The Labute approximate surface area is 215 Å². The zero-order valence-corrected chi connectivity index (χ0v) is 20.6. The molecule has 0 spiro atoms. The Kier molecular flexibility index (Phi) is 6.25. The summed E-state index contributed by atoms with van der Waals surface area (Å²) in [5.74, 6) is 0.00292. The molecule has 174 valence electrons. The largest absolute Gasteiger partial charge is 0.451 e. The average Bonchev–Trinajstić information content (AvgIpc) is 3.49. The average molecular weight is 522 g/mol. The van der Waals surface area contributed by atoms with E-state index in [0.717, 1.165) is 16.8 Å². The second kappa shape index (κ2) is 9.50. The summed E-state index contributed by atoms with van der Waals surface area (Å²) in [5.41, 5.74) is 4.47. The van der Waals surface area contributed by atoms with Gasteiger partial charge in [0.2, 0.25) is 0 Å². The summed E-state index contributed by atoms with van der Waals surface area (Å²) >= 11 is 17.7. The number of aromatic nitrogens is 3. The van der Waals surface area contributed by atoms with E-state index in [0.29, 0.717) is 32.6 Å². The van der Waals surface area contributed by atoms with Crippen LogP contribution in [0.1, 0.15) is 16.1 Å². The number of furan rings is 1. The molecule has 0 bridgehead atoms. The quantitative estimate of drug-likeness (QED) is 0.265. The predicted octanol–water partition coefficient (Wildman–Crippen LogP) is 6.42. The molecule has 2 heterocycles. The van der Waals surface area contributed by atoms with E-state index >= 15 is 0 Å². The third-order valence-corrected chi connectivity index (χ3v) is 6.26. The number of halogens is 2. The maximum absolute atomic E-state index is 12.7. The molecule has 7 nitrogen and oxygen atoms in total. The van der Waals surface area contributed by atoms with Crippen molar-refractivity contribution in [2.24, 2.45) is 0 Å². The van der Waals surface area contributed by atoms with Crippen molar-refractivity contribution in [1.82, 2.24) is 20.3 Å². The van der Waals surface area contributed by atoms with Crippen molar-refractivity contribution in [3.63, 3.8) is 0 Å². The molecule has 5 rings (SSSR count). The zero-order chi connectivity index (χ0) is 24.5. The molecule has 0 saturated heterocycles. The number of aryl methyl sites for hydroxylation is 1. The van der Waals surface area contributed by atoms with E-state index in [-0.39, 0.29) is 10.9 Å². The topological polar surface area (TPSA) is 85.0 Å². The normalized spacial score (nSPS) is 10.9. The zero-order valence-electron chi connectivity index (χ0n) is 18.3. The van der Waals surface area contributed by atoms with E-state index in [1.165, 1.54) is 0 Å². The SMILES string of the molecule is Cc1cc2nn(-c3ccccc3)nc2cc1NC(=S)NC(=O)c1ccc(-c2cccc(Cl)c2Cl)o1. The molecule has 35 heavy (non-hydrogen) atoms.